The molecule has 2 heterocycles. The first kappa shape index (κ1) is 25.7. The van der Waals surface area contributed by atoms with Crippen LogP contribution in [0.5, 0.6) is 11.5 Å². The van der Waals surface area contributed by atoms with Gasteiger partial charge in [0.2, 0.25) is 5.82 Å². The Labute approximate surface area is 230 Å². The number of fused-ring (bicyclic) bond motifs is 1. The van der Waals surface area contributed by atoms with Gasteiger partial charge in [-0.15, -0.1) is 10.2 Å². The number of nitrogens with zero attached hydrogens (tertiary/aromatic N) is 4. The molecular weight excluding hydrogens is 444 g/mol. The van der Waals surface area contributed by atoms with Crippen LogP contribution in [0.3, 0.4) is 0 Å². The Hall–Kier alpha value is -3.40. The summed E-state index contributed by atoms with van der Waals surface area (Å²) in [6.45, 7) is 0. The van der Waals surface area contributed by atoms with Gasteiger partial charge in [-0.25, -0.2) is 9.78 Å². The van der Waals surface area contributed by atoms with E-state index in [1.54, 1.807) is 6.07 Å². The van der Waals surface area contributed by atoms with Crippen molar-refractivity contribution in [3.8, 4) is 34.0 Å². The van der Waals surface area contributed by atoms with E-state index in [1.165, 1.54) is 0 Å². The zero-order valence-electron chi connectivity index (χ0n) is 18.0. The molecule has 170 valence electrons. The summed E-state index contributed by atoms with van der Waals surface area (Å²) in [5.41, 5.74) is 4.29. The van der Waals surface area contributed by atoms with Gasteiger partial charge in [0.05, 0.1) is 11.2 Å². The van der Waals surface area contributed by atoms with Gasteiger partial charge in [0.25, 0.3) is 0 Å². The SMILES string of the molecule is O=C(O)c1c(Oc2ccc(-c3ccccc3-c3nn[nH]n3)cc2)c(C2CC2)nc2ccccc12.[LiH].[LiH]. The van der Waals surface area contributed by atoms with Crippen LogP contribution in [0.2, 0.25) is 0 Å². The van der Waals surface area contributed by atoms with E-state index in [0.717, 1.165) is 29.5 Å². The zero-order chi connectivity index (χ0) is 23.1. The average molecular weight is 465 g/mol. The van der Waals surface area contributed by atoms with Crippen LogP contribution in [0, 0.1) is 0 Å². The number of benzene rings is 3. The van der Waals surface area contributed by atoms with E-state index >= 15 is 0 Å². The molecule has 5 aromatic rings. The van der Waals surface area contributed by atoms with Gasteiger partial charge in [0.15, 0.2) is 5.75 Å². The fourth-order valence-electron chi connectivity index (χ4n) is 4.19. The van der Waals surface area contributed by atoms with Crippen molar-refractivity contribution in [3.63, 3.8) is 0 Å². The summed E-state index contributed by atoms with van der Waals surface area (Å²) in [5.74, 6) is 0.578. The van der Waals surface area contributed by atoms with Crippen LogP contribution >= 0.6 is 0 Å². The Morgan fingerprint density at radius 2 is 1.61 bits per heavy atom. The number of para-hydroxylation sites is 1. The molecule has 0 atom stereocenters. The Bertz CT molecular complexity index is 1520. The van der Waals surface area contributed by atoms with E-state index in [2.05, 4.69) is 20.6 Å². The molecule has 2 N–H and O–H groups in total. The van der Waals surface area contributed by atoms with Gasteiger partial charge < -0.3 is 9.84 Å². The third kappa shape index (κ3) is 4.82. The number of carboxylic acids is 1. The average Bonchev–Trinajstić information content (AvgIpc) is 3.57. The minimum atomic E-state index is -1.03. The van der Waals surface area contributed by atoms with Crippen LogP contribution in [-0.2, 0) is 0 Å². The van der Waals surface area contributed by atoms with Gasteiger partial charge in [-0.3, -0.25) is 0 Å². The number of aromatic amines is 1. The van der Waals surface area contributed by atoms with Gasteiger partial charge in [0.1, 0.15) is 11.3 Å². The topological polar surface area (TPSA) is 114 Å². The fraction of sp³-hybridized carbons (Fsp3) is 0.115. The summed E-state index contributed by atoms with van der Waals surface area (Å²) >= 11 is 0. The summed E-state index contributed by atoms with van der Waals surface area (Å²) in [4.78, 5) is 17.1. The van der Waals surface area contributed by atoms with Crippen molar-refractivity contribution >= 4 is 54.6 Å². The van der Waals surface area contributed by atoms with E-state index in [4.69, 9.17) is 9.72 Å². The van der Waals surface area contributed by atoms with Crippen LogP contribution in [-0.4, -0.2) is 74.4 Å². The van der Waals surface area contributed by atoms with Gasteiger partial charge in [-0.2, -0.15) is 5.21 Å². The number of tetrazole rings is 1. The monoisotopic (exact) mass is 465 g/mol. The molecule has 0 saturated heterocycles. The predicted octanol–water partition coefficient (Wildman–Crippen LogP) is 4.15. The van der Waals surface area contributed by atoms with Crippen LogP contribution in [0.15, 0.2) is 72.8 Å². The third-order valence-corrected chi connectivity index (χ3v) is 5.95. The van der Waals surface area contributed by atoms with Crippen LogP contribution < -0.4 is 4.74 Å². The van der Waals surface area contributed by atoms with Crippen molar-refractivity contribution in [1.82, 2.24) is 25.6 Å². The molecule has 1 aliphatic rings. The number of carbonyl (C=O) groups is 1. The van der Waals surface area contributed by atoms with Crippen molar-refractivity contribution < 1.29 is 14.6 Å². The van der Waals surface area contributed by atoms with Crippen molar-refractivity contribution in [1.29, 1.82) is 0 Å². The zero-order valence-corrected chi connectivity index (χ0v) is 18.0. The van der Waals surface area contributed by atoms with E-state index in [1.807, 2.05) is 66.7 Å². The van der Waals surface area contributed by atoms with Crippen molar-refractivity contribution in [3.05, 3.63) is 84.1 Å². The van der Waals surface area contributed by atoms with Crippen molar-refractivity contribution in [2.45, 2.75) is 18.8 Å². The molecule has 0 radical (unpaired) electrons. The normalized spacial score (nSPS) is 12.4. The molecule has 0 aliphatic heterocycles. The Morgan fingerprint density at radius 1 is 0.917 bits per heavy atom. The number of rotatable bonds is 6. The molecule has 3 aromatic carbocycles. The van der Waals surface area contributed by atoms with Gasteiger partial charge in [0, 0.05) is 16.9 Å². The number of hydrogen-bond donors (Lipinski definition) is 2. The standard InChI is InChI=1S/C26H19N5O3.2Li.2H/c32-26(33)22-20-7-3-4-8-21(20)27-23(16-9-10-16)24(22)34-17-13-11-15(12-14-17)18-5-1-2-6-19(18)25-28-30-31-29-25;;;;/h1-8,11-14,16H,9-10H2,(H,32,33)(H,28,29,30,31);;;;. The molecule has 0 unspecified atom stereocenters. The second-order valence-electron chi connectivity index (χ2n) is 8.21. The quantitative estimate of drug-likeness (QED) is 0.362. The summed E-state index contributed by atoms with van der Waals surface area (Å²) in [6, 6.07) is 22.6. The van der Waals surface area contributed by atoms with Gasteiger partial charge >= 0.3 is 43.7 Å². The summed E-state index contributed by atoms with van der Waals surface area (Å²) in [6.07, 6.45) is 1.96. The second kappa shape index (κ2) is 10.7. The third-order valence-electron chi connectivity index (χ3n) is 5.95. The number of carboxylic acid groups (broad SMARTS) is 1. The number of pyridine rings is 1. The van der Waals surface area contributed by atoms with Crippen LogP contribution in [0.1, 0.15) is 34.8 Å². The summed E-state index contributed by atoms with van der Waals surface area (Å²) in [7, 11) is 0. The molecule has 0 spiro atoms. The molecule has 1 aliphatic carbocycles. The fourth-order valence-corrected chi connectivity index (χ4v) is 4.19. The molecule has 1 fully saturated rings. The predicted molar refractivity (Wildman–Crippen MR) is 140 cm³/mol. The molecule has 6 rings (SSSR count). The molecule has 8 nitrogen and oxygen atoms in total. The summed E-state index contributed by atoms with van der Waals surface area (Å²) in [5, 5.41) is 25.0. The van der Waals surface area contributed by atoms with Crippen LogP contribution in [0.4, 0.5) is 0 Å². The first-order valence-corrected chi connectivity index (χ1v) is 11.0. The molecule has 1 saturated carbocycles. The second-order valence-corrected chi connectivity index (χ2v) is 8.21. The van der Waals surface area contributed by atoms with E-state index in [-0.39, 0.29) is 49.2 Å². The molecular formula is C26H21Li2N5O3. The first-order chi connectivity index (χ1) is 16.7. The number of hydrogen-bond acceptors (Lipinski definition) is 6. The molecule has 36 heavy (non-hydrogen) atoms. The van der Waals surface area contributed by atoms with E-state index in [9.17, 15) is 9.90 Å². The molecule has 0 bridgehead atoms. The first-order valence-electron chi connectivity index (χ1n) is 11.0. The van der Waals surface area contributed by atoms with E-state index < -0.39 is 5.97 Å². The van der Waals surface area contributed by atoms with Gasteiger partial charge in [-0.05, 0) is 47.4 Å². The number of H-pyrrole nitrogens is 1. The number of aromatic nitrogens is 5. The molecule has 2 aromatic heterocycles. The Balaban J connectivity index is 0.00000152. The maximum absolute atomic E-state index is 12.3. The number of aromatic carboxylic acids is 1. The van der Waals surface area contributed by atoms with Crippen molar-refractivity contribution in [2.75, 3.05) is 0 Å². The maximum atomic E-state index is 12.3. The molecule has 0 amide bonds. The van der Waals surface area contributed by atoms with Crippen LogP contribution in [0.25, 0.3) is 33.4 Å². The Kier molecular flexibility index (Phi) is 7.63. The summed E-state index contributed by atoms with van der Waals surface area (Å²) < 4.78 is 6.22. The molecule has 10 heteroatoms. The van der Waals surface area contributed by atoms with Gasteiger partial charge in [-0.1, -0.05) is 54.6 Å². The van der Waals surface area contributed by atoms with Crippen molar-refractivity contribution in [2.24, 2.45) is 0 Å². The number of ether oxygens (including phenoxy) is 1. The van der Waals surface area contributed by atoms with E-state index in [0.29, 0.717) is 33.9 Å². The Morgan fingerprint density at radius 3 is 2.28 bits per heavy atom. The minimum absolute atomic E-state index is 0. The number of nitrogens with one attached hydrogen (secondary N) is 1.